The third kappa shape index (κ3) is 3.37. The summed E-state index contributed by atoms with van der Waals surface area (Å²) < 4.78 is 7.50. The summed E-state index contributed by atoms with van der Waals surface area (Å²) in [5, 5.41) is 4.17. The molecule has 1 fully saturated rings. The standard InChI is InChI=1S/C14H20N6O/c1-20-9-10(8-16-20)12-7-14(19-15)18-13(17-12)6-11-4-2-3-5-21-11/h7-9,11H,2-6,15H2,1H3,(H,17,18,19). The van der Waals surface area contributed by atoms with E-state index in [0.29, 0.717) is 12.2 Å². The van der Waals surface area contributed by atoms with Crippen LogP contribution in [-0.4, -0.2) is 32.5 Å². The number of rotatable bonds is 4. The lowest BCUT2D eigenvalue weighted by Crippen LogP contribution is -2.23. The molecule has 112 valence electrons. The molecule has 0 spiro atoms. The molecule has 2 aromatic heterocycles. The minimum absolute atomic E-state index is 0.202. The highest BCUT2D eigenvalue weighted by atomic mass is 16.5. The Bertz CT molecular complexity index is 605. The van der Waals surface area contributed by atoms with E-state index in [9.17, 15) is 0 Å². The van der Waals surface area contributed by atoms with E-state index in [1.165, 1.54) is 6.42 Å². The van der Waals surface area contributed by atoms with Crippen LogP contribution in [0, 0.1) is 0 Å². The van der Waals surface area contributed by atoms with Crippen molar-refractivity contribution < 1.29 is 4.74 Å². The van der Waals surface area contributed by atoms with Gasteiger partial charge >= 0.3 is 0 Å². The molecule has 1 saturated heterocycles. The van der Waals surface area contributed by atoms with Gasteiger partial charge in [0.1, 0.15) is 11.6 Å². The van der Waals surface area contributed by atoms with Gasteiger partial charge in [-0.15, -0.1) is 0 Å². The maximum atomic E-state index is 5.76. The van der Waals surface area contributed by atoms with Crippen molar-refractivity contribution in [3.63, 3.8) is 0 Å². The van der Waals surface area contributed by atoms with E-state index in [0.717, 1.165) is 36.5 Å². The summed E-state index contributed by atoms with van der Waals surface area (Å²) in [7, 11) is 1.88. The van der Waals surface area contributed by atoms with Gasteiger partial charge in [0.15, 0.2) is 0 Å². The molecule has 0 bridgehead atoms. The van der Waals surface area contributed by atoms with Crippen LogP contribution in [0.5, 0.6) is 0 Å². The van der Waals surface area contributed by atoms with Crippen molar-refractivity contribution in [3.8, 4) is 11.3 Å². The van der Waals surface area contributed by atoms with Gasteiger partial charge in [-0.3, -0.25) is 4.68 Å². The first-order valence-electron chi connectivity index (χ1n) is 7.20. The highest BCUT2D eigenvalue weighted by Crippen LogP contribution is 2.21. The topological polar surface area (TPSA) is 90.9 Å². The maximum Gasteiger partial charge on any atom is 0.144 e. The van der Waals surface area contributed by atoms with E-state index in [1.54, 1.807) is 10.9 Å². The second-order valence-electron chi connectivity index (χ2n) is 5.29. The van der Waals surface area contributed by atoms with Crippen LogP contribution in [0.25, 0.3) is 11.3 Å². The average molecular weight is 288 g/mol. The van der Waals surface area contributed by atoms with Crippen molar-refractivity contribution >= 4 is 5.82 Å². The number of nitrogen functional groups attached to an aromatic ring is 1. The van der Waals surface area contributed by atoms with Crippen molar-refractivity contribution in [2.24, 2.45) is 12.9 Å². The second kappa shape index (κ2) is 6.19. The first kappa shape index (κ1) is 14.0. The van der Waals surface area contributed by atoms with Gasteiger partial charge in [0.2, 0.25) is 0 Å². The summed E-state index contributed by atoms with van der Waals surface area (Å²) in [6.45, 7) is 0.828. The van der Waals surface area contributed by atoms with Crippen LogP contribution in [-0.2, 0) is 18.2 Å². The van der Waals surface area contributed by atoms with Crippen LogP contribution in [0.1, 0.15) is 25.1 Å². The van der Waals surface area contributed by atoms with E-state index in [1.807, 2.05) is 19.3 Å². The Morgan fingerprint density at radius 3 is 3.00 bits per heavy atom. The largest absolute Gasteiger partial charge is 0.378 e. The zero-order valence-corrected chi connectivity index (χ0v) is 12.1. The summed E-state index contributed by atoms with van der Waals surface area (Å²) in [6, 6.07) is 1.82. The van der Waals surface area contributed by atoms with Crippen LogP contribution in [0.15, 0.2) is 18.5 Å². The van der Waals surface area contributed by atoms with Gasteiger partial charge in [-0.05, 0) is 19.3 Å². The Balaban J connectivity index is 1.85. The van der Waals surface area contributed by atoms with Gasteiger partial charge in [0.25, 0.3) is 0 Å². The summed E-state index contributed by atoms with van der Waals surface area (Å²) in [6.07, 6.45) is 8.02. The van der Waals surface area contributed by atoms with Gasteiger partial charge in [-0.2, -0.15) is 5.10 Å². The van der Waals surface area contributed by atoms with E-state index in [2.05, 4.69) is 20.5 Å². The van der Waals surface area contributed by atoms with Crippen molar-refractivity contribution in [3.05, 3.63) is 24.3 Å². The lowest BCUT2D eigenvalue weighted by molar-refractivity contribution is 0.0157. The molecule has 3 N–H and O–H groups in total. The monoisotopic (exact) mass is 288 g/mol. The van der Waals surface area contributed by atoms with Crippen molar-refractivity contribution in [1.82, 2.24) is 19.7 Å². The highest BCUT2D eigenvalue weighted by Gasteiger charge is 2.17. The van der Waals surface area contributed by atoms with Gasteiger partial charge in [-0.25, -0.2) is 15.8 Å². The number of ether oxygens (including phenoxy) is 1. The third-order valence-electron chi connectivity index (χ3n) is 3.61. The molecule has 7 nitrogen and oxygen atoms in total. The predicted molar refractivity (Wildman–Crippen MR) is 79.3 cm³/mol. The summed E-state index contributed by atoms with van der Waals surface area (Å²) in [5.41, 5.74) is 4.37. The zero-order valence-electron chi connectivity index (χ0n) is 12.1. The van der Waals surface area contributed by atoms with Crippen LogP contribution in [0.3, 0.4) is 0 Å². The zero-order chi connectivity index (χ0) is 14.7. The lowest BCUT2D eigenvalue weighted by Gasteiger charge is -2.22. The Morgan fingerprint density at radius 1 is 1.43 bits per heavy atom. The summed E-state index contributed by atoms with van der Waals surface area (Å²) >= 11 is 0. The molecule has 1 atom stereocenters. The quantitative estimate of drug-likeness (QED) is 0.650. The molecule has 1 aliphatic heterocycles. The van der Waals surface area contributed by atoms with E-state index in [4.69, 9.17) is 10.6 Å². The molecule has 0 radical (unpaired) electrons. The Hall–Kier alpha value is -1.99. The van der Waals surface area contributed by atoms with E-state index >= 15 is 0 Å². The molecule has 21 heavy (non-hydrogen) atoms. The molecule has 0 aliphatic carbocycles. The van der Waals surface area contributed by atoms with Crippen LogP contribution < -0.4 is 11.3 Å². The number of aryl methyl sites for hydroxylation is 1. The minimum atomic E-state index is 0.202. The molecule has 2 aromatic rings. The van der Waals surface area contributed by atoms with Gasteiger partial charge in [0, 0.05) is 37.9 Å². The van der Waals surface area contributed by atoms with Crippen LogP contribution >= 0.6 is 0 Å². The Kier molecular flexibility index (Phi) is 4.12. The normalized spacial score (nSPS) is 18.7. The molecular weight excluding hydrogens is 268 g/mol. The van der Waals surface area contributed by atoms with Gasteiger partial charge in [0.05, 0.1) is 18.0 Å². The molecule has 3 rings (SSSR count). The fourth-order valence-electron chi connectivity index (χ4n) is 2.54. The summed E-state index contributed by atoms with van der Waals surface area (Å²) in [5.74, 6) is 6.86. The van der Waals surface area contributed by atoms with Crippen molar-refractivity contribution in [1.29, 1.82) is 0 Å². The smallest absolute Gasteiger partial charge is 0.144 e. The number of hydrogen-bond acceptors (Lipinski definition) is 6. The molecule has 0 saturated carbocycles. The third-order valence-corrected chi connectivity index (χ3v) is 3.61. The van der Waals surface area contributed by atoms with Gasteiger partial charge < -0.3 is 10.2 Å². The maximum absolute atomic E-state index is 5.76. The first-order chi connectivity index (χ1) is 10.2. The molecule has 1 unspecified atom stereocenters. The summed E-state index contributed by atoms with van der Waals surface area (Å²) in [4.78, 5) is 9.04. The number of hydrazine groups is 1. The molecule has 1 aliphatic rings. The number of nitrogens with one attached hydrogen (secondary N) is 1. The van der Waals surface area contributed by atoms with Gasteiger partial charge in [-0.1, -0.05) is 0 Å². The second-order valence-corrected chi connectivity index (χ2v) is 5.29. The molecule has 0 amide bonds. The molecule has 7 heteroatoms. The Labute approximate surface area is 123 Å². The minimum Gasteiger partial charge on any atom is -0.378 e. The fourth-order valence-corrected chi connectivity index (χ4v) is 2.54. The number of anilines is 1. The van der Waals surface area contributed by atoms with Crippen LogP contribution in [0.4, 0.5) is 5.82 Å². The van der Waals surface area contributed by atoms with Crippen molar-refractivity contribution in [2.75, 3.05) is 12.0 Å². The molecule has 0 aromatic carbocycles. The number of aromatic nitrogens is 4. The highest BCUT2D eigenvalue weighted by molar-refractivity contribution is 5.60. The number of nitrogens with two attached hydrogens (primary N) is 1. The van der Waals surface area contributed by atoms with Crippen LogP contribution in [0.2, 0.25) is 0 Å². The molecule has 3 heterocycles. The fraction of sp³-hybridized carbons (Fsp3) is 0.500. The molecular formula is C14H20N6O. The lowest BCUT2D eigenvalue weighted by atomic mass is 10.1. The first-order valence-corrected chi connectivity index (χ1v) is 7.20. The number of hydrogen-bond donors (Lipinski definition) is 2. The average Bonchev–Trinajstić information content (AvgIpc) is 2.94. The SMILES string of the molecule is Cn1cc(-c2cc(NN)nc(CC3CCCCO3)n2)cn1. The Morgan fingerprint density at radius 2 is 2.33 bits per heavy atom. The number of nitrogens with zero attached hydrogens (tertiary/aromatic N) is 4. The van der Waals surface area contributed by atoms with Crippen molar-refractivity contribution in [2.45, 2.75) is 31.8 Å². The van der Waals surface area contributed by atoms with E-state index < -0.39 is 0 Å². The van der Waals surface area contributed by atoms with E-state index in [-0.39, 0.29) is 6.10 Å². The predicted octanol–water partition coefficient (Wildman–Crippen LogP) is 1.27.